The molecule has 0 aliphatic carbocycles. The lowest BCUT2D eigenvalue weighted by Crippen LogP contribution is -2.09. The normalized spacial score (nSPS) is 11.0. The van der Waals surface area contributed by atoms with Gasteiger partial charge in [-0.15, -0.1) is 16.9 Å². The molecule has 2 heterocycles. The van der Waals surface area contributed by atoms with Crippen LogP contribution in [0.25, 0.3) is 17.1 Å². The average molecular weight is 455 g/mol. The van der Waals surface area contributed by atoms with Gasteiger partial charge in [-0.2, -0.15) is 0 Å². The standard InChI is InChI=1S/C22H19ClN4O3S/c1-13-20(25-26-27(13)17-8-5-9-18(11-17)31-3)22(28)29-12-19-14(2)30-21(24-19)15-6-4-7-16(23)10-15/h4-11H,12H2,1-3H3. The van der Waals surface area contributed by atoms with Gasteiger partial charge in [0, 0.05) is 15.5 Å². The zero-order valence-electron chi connectivity index (χ0n) is 17.1. The van der Waals surface area contributed by atoms with Crippen LogP contribution in [0.5, 0.6) is 0 Å². The van der Waals surface area contributed by atoms with E-state index < -0.39 is 5.97 Å². The molecular formula is C22H19ClN4O3S. The van der Waals surface area contributed by atoms with Crippen LogP contribution in [0.3, 0.4) is 0 Å². The second-order valence-corrected chi connectivity index (χ2v) is 8.06. The predicted molar refractivity (Wildman–Crippen MR) is 119 cm³/mol. The Hall–Kier alpha value is -3.10. The molecule has 0 saturated carbocycles. The maximum atomic E-state index is 12.6. The van der Waals surface area contributed by atoms with Gasteiger partial charge in [-0.3, -0.25) is 0 Å². The minimum absolute atomic E-state index is 0.0387. The molecule has 4 aromatic rings. The van der Waals surface area contributed by atoms with Crippen LogP contribution < -0.4 is 0 Å². The van der Waals surface area contributed by atoms with Crippen molar-refractivity contribution in [3.8, 4) is 17.1 Å². The number of aryl methyl sites for hydroxylation is 1. The van der Waals surface area contributed by atoms with E-state index >= 15 is 0 Å². The molecule has 2 aromatic carbocycles. The fourth-order valence-electron chi connectivity index (χ4n) is 3.01. The number of hydrogen-bond acceptors (Lipinski definition) is 7. The van der Waals surface area contributed by atoms with Crippen molar-refractivity contribution in [2.75, 3.05) is 6.26 Å². The second kappa shape index (κ2) is 8.95. The Morgan fingerprint density at radius 1 is 1.19 bits per heavy atom. The van der Waals surface area contributed by atoms with Crippen LogP contribution in [0.15, 0.2) is 57.8 Å². The van der Waals surface area contributed by atoms with Gasteiger partial charge in [0.25, 0.3) is 0 Å². The monoisotopic (exact) mass is 454 g/mol. The summed E-state index contributed by atoms with van der Waals surface area (Å²) in [5.41, 5.74) is 2.86. The fraction of sp³-hybridized carbons (Fsp3) is 0.182. The number of ether oxygens (including phenoxy) is 1. The second-order valence-electron chi connectivity index (χ2n) is 6.75. The van der Waals surface area contributed by atoms with E-state index in [2.05, 4.69) is 15.3 Å². The van der Waals surface area contributed by atoms with E-state index in [1.165, 1.54) is 0 Å². The van der Waals surface area contributed by atoms with E-state index in [9.17, 15) is 4.79 Å². The fourth-order valence-corrected chi connectivity index (χ4v) is 3.66. The molecule has 2 aromatic heterocycles. The molecule has 0 unspecified atom stereocenters. The molecule has 0 saturated heterocycles. The molecule has 4 rings (SSSR count). The molecule has 0 atom stereocenters. The summed E-state index contributed by atoms with van der Waals surface area (Å²) in [4.78, 5) is 18.1. The van der Waals surface area contributed by atoms with Gasteiger partial charge in [-0.05, 0) is 56.5 Å². The van der Waals surface area contributed by atoms with Gasteiger partial charge in [-0.1, -0.05) is 28.9 Å². The third-order valence-corrected chi connectivity index (χ3v) is 5.65. The molecular weight excluding hydrogens is 436 g/mol. The number of halogens is 1. The first-order valence-electron chi connectivity index (χ1n) is 9.42. The number of aromatic nitrogens is 4. The van der Waals surface area contributed by atoms with Gasteiger partial charge >= 0.3 is 5.97 Å². The van der Waals surface area contributed by atoms with E-state index in [0.29, 0.717) is 28.1 Å². The van der Waals surface area contributed by atoms with Crippen LogP contribution in [-0.2, 0) is 11.3 Å². The van der Waals surface area contributed by atoms with Crippen LogP contribution in [0, 0.1) is 13.8 Å². The number of carbonyl (C=O) groups is 1. The van der Waals surface area contributed by atoms with Gasteiger partial charge in [0.2, 0.25) is 5.89 Å². The smallest absolute Gasteiger partial charge is 0.361 e. The van der Waals surface area contributed by atoms with E-state index in [4.69, 9.17) is 20.8 Å². The van der Waals surface area contributed by atoms with Crippen molar-refractivity contribution in [3.05, 3.63) is 76.4 Å². The molecule has 0 aliphatic heterocycles. The highest BCUT2D eigenvalue weighted by Crippen LogP contribution is 2.25. The molecule has 7 nitrogen and oxygen atoms in total. The van der Waals surface area contributed by atoms with Crippen molar-refractivity contribution in [2.24, 2.45) is 0 Å². The van der Waals surface area contributed by atoms with Gasteiger partial charge in [0.1, 0.15) is 18.1 Å². The number of oxazole rings is 1. The van der Waals surface area contributed by atoms with Gasteiger partial charge < -0.3 is 9.15 Å². The van der Waals surface area contributed by atoms with Crippen LogP contribution >= 0.6 is 23.4 Å². The number of benzene rings is 2. The number of esters is 1. The van der Waals surface area contributed by atoms with Crippen molar-refractivity contribution >= 4 is 29.3 Å². The number of hydrogen-bond donors (Lipinski definition) is 0. The lowest BCUT2D eigenvalue weighted by molar-refractivity contribution is 0.0459. The molecule has 0 aliphatic rings. The van der Waals surface area contributed by atoms with E-state index in [1.54, 1.807) is 42.4 Å². The average Bonchev–Trinajstić information content (AvgIpc) is 3.34. The van der Waals surface area contributed by atoms with Crippen molar-refractivity contribution in [1.82, 2.24) is 20.0 Å². The number of nitrogens with zero attached hydrogens (tertiary/aromatic N) is 4. The van der Waals surface area contributed by atoms with Crippen LogP contribution in [-0.4, -0.2) is 32.2 Å². The molecule has 0 bridgehead atoms. The van der Waals surface area contributed by atoms with E-state index in [-0.39, 0.29) is 12.3 Å². The summed E-state index contributed by atoms with van der Waals surface area (Å²) in [6.45, 7) is 3.51. The van der Waals surface area contributed by atoms with Gasteiger partial charge in [0.15, 0.2) is 5.69 Å². The van der Waals surface area contributed by atoms with Crippen LogP contribution in [0.4, 0.5) is 0 Å². The summed E-state index contributed by atoms with van der Waals surface area (Å²) >= 11 is 7.66. The summed E-state index contributed by atoms with van der Waals surface area (Å²) in [6, 6.07) is 15.0. The number of thioether (sulfide) groups is 1. The molecule has 0 amide bonds. The molecule has 9 heteroatoms. The highest BCUT2D eigenvalue weighted by molar-refractivity contribution is 7.98. The van der Waals surface area contributed by atoms with E-state index in [1.807, 2.05) is 42.7 Å². The largest absolute Gasteiger partial charge is 0.454 e. The Labute approximate surface area is 188 Å². The molecule has 0 N–H and O–H groups in total. The Balaban J connectivity index is 1.49. The lowest BCUT2D eigenvalue weighted by Gasteiger charge is -2.05. The first-order valence-corrected chi connectivity index (χ1v) is 11.0. The summed E-state index contributed by atoms with van der Waals surface area (Å²) in [5.74, 6) is 0.412. The molecule has 0 radical (unpaired) electrons. The highest BCUT2D eigenvalue weighted by atomic mass is 35.5. The Morgan fingerprint density at radius 3 is 2.77 bits per heavy atom. The van der Waals surface area contributed by atoms with Crippen LogP contribution in [0.2, 0.25) is 5.02 Å². The zero-order valence-corrected chi connectivity index (χ0v) is 18.7. The maximum Gasteiger partial charge on any atom is 0.361 e. The van der Waals surface area contributed by atoms with Crippen LogP contribution in [0.1, 0.15) is 27.6 Å². The molecule has 0 fully saturated rings. The van der Waals surface area contributed by atoms with Crippen molar-refractivity contribution in [3.63, 3.8) is 0 Å². The number of rotatable bonds is 6. The van der Waals surface area contributed by atoms with E-state index in [0.717, 1.165) is 16.1 Å². The first-order chi connectivity index (χ1) is 15.0. The SMILES string of the molecule is CSc1cccc(-n2nnc(C(=O)OCc3nc(-c4cccc(Cl)c4)oc3C)c2C)c1. The van der Waals surface area contributed by atoms with Crippen molar-refractivity contribution in [2.45, 2.75) is 25.3 Å². The Kier molecular flexibility index (Phi) is 6.11. The molecule has 0 spiro atoms. The van der Waals surface area contributed by atoms with Gasteiger partial charge in [-0.25, -0.2) is 14.5 Å². The first kappa shape index (κ1) is 21.1. The summed E-state index contributed by atoms with van der Waals surface area (Å²) in [7, 11) is 0. The number of carbonyl (C=O) groups excluding carboxylic acids is 1. The minimum atomic E-state index is -0.573. The minimum Gasteiger partial charge on any atom is -0.454 e. The van der Waals surface area contributed by atoms with Crippen molar-refractivity contribution < 1.29 is 13.9 Å². The third-order valence-electron chi connectivity index (χ3n) is 4.69. The zero-order chi connectivity index (χ0) is 22.0. The Morgan fingerprint density at radius 2 is 2.00 bits per heavy atom. The summed E-state index contributed by atoms with van der Waals surface area (Å²) in [6.07, 6.45) is 2.00. The topological polar surface area (TPSA) is 83.0 Å². The maximum absolute atomic E-state index is 12.6. The predicted octanol–water partition coefficient (Wildman–Crippen LogP) is 5.27. The Bertz CT molecular complexity index is 1250. The summed E-state index contributed by atoms with van der Waals surface area (Å²) in [5, 5.41) is 8.72. The molecule has 158 valence electrons. The third kappa shape index (κ3) is 4.50. The quantitative estimate of drug-likeness (QED) is 0.290. The lowest BCUT2D eigenvalue weighted by atomic mass is 10.2. The molecule has 31 heavy (non-hydrogen) atoms. The highest BCUT2D eigenvalue weighted by Gasteiger charge is 2.20. The van der Waals surface area contributed by atoms with Gasteiger partial charge in [0.05, 0.1) is 11.4 Å². The van der Waals surface area contributed by atoms with Crippen molar-refractivity contribution in [1.29, 1.82) is 0 Å². The summed E-state index contributed by atoms with van der Waals surface area (Å²) < 4.78 is 12.8.